The highest BCUT2D eigenvalue weighted by Crippen LogP contribution is 2.21. The van der Waals surface area contributed by atoms with Gasteiger partial charge in [0.2, 0.25) is 5.12 Å². The highest BCUT2D eigenvalue weighted by atomic mass is 35.5. The number of hydrogen-bond acceptors (Lipinski definition) is 4. The van der Waals surface area contributed by atoms with Gasteiger partial charge in [0.05, 0.1) is 16.6 Å². The standard InChI is InChI=1S/C12H10Cl2N2O2S2/c13-6-1-2-7(8(14)5-6)10(17)16-12(19)15-9-3-4-20-11(9)18/h1-2,5,9H,3-4H2,(H2,15,16,17,19)/t9-/m1/s1. The molecular weight excluding hydrogens is 339 g/mol. The number of nitrogens with one attached hydrogen (secondary N) is 2. The monoisotopic (exact) mass is 348 g/mol. The minimum atomic E-state index is -0.442. The number of rotatable bonds is 2. The first-order chi connectivity index (χ1) is 9.47. The van der Waals surface area contributed by atoms with Gasteiger partial charge in [-0.1, -0.05) is 35.0 Å². The normalized spacial score (nSPS) is 17.9. The molecule has 0 aliphatic carbocycles. The van der Waals surface area contributed by atoms with Crippen molar-refractivity contribution < 1.29 is 9.59 Å². The Balaban J connectivity index is 1.97. The van der Waals surface area contributed by atoms with Crippen LogP contribution in [0.3, 0.4) is 0 Å². The van der Waals surface area contributed by atoms with Gasteiger partial charge in [-0.2, -0.15) is 0 Å². The van der Waals surface area contributed by atoms with Crippen LogP contribution < -0.4 is 10.6 Å². The maximum atomic E-state index is 12.0. The van der Waals surface area contributed by atoms with E-state index >= 15 is 0 Å². The lowest BCUT2D eigenvalue weighted by Crippen LogP contribution is -2.45. The number of thioether (sulfide) groups is 1. The smallest absolute Gasteiger partial charge is 0.258 e. The van der Waals surface area contributed by atoms with E-state index in [1.807, 2.05) is 0 Å². The van der Waals surface area contributed by atoms with Crippen LogP contribution in [-0.4, -0.2) is 27.9 Å². The van der Waals surface area contributed by atoms with Gasteiger partial charge in [0, 0.05) is 10.8 Å². The molecule has 1 heterocycles. The van der Waals surface area contributed by atoms with Crippen molar-refractivity contribution in [2.75, 3.05) is 5.75 Å². The highest BCUT2D eigenvalue weighted by Gasteiger charge is 2.26. The first-order valence-corrected chi connectivity index (χ1v) is 7.86. The SMILES string of the molecule is O=C(NC(=S)N[C@@H]1CCSC1=O)c1ccc(Cl)cc1Cl. The predicted molar refractivity (Wildman–Crippen MR) is 85.5 cm³/mol. The zero-order valence-corrected chi connectivity index (χ0v) is 13.3. The molecule has 1 amide bonds. The van der Waals surface area contributed by atoms with Crippen molar-refractivity contribution in [1.29, 1.82) is 0 Å². The summed E-state index contributed by atoms with van der Waals surface area (Å²) in [5, 5.41) is 6.15. The molecule has 1 atom stereocenters. The molecule has 4 nitrogen and oxygen atoms in total. The van der Waals surface area contributed by atoms with Gasteiger partial charge in [-0.05, 0) is 36.8 Å². The minimum Gasteiger partial charge on any atom is -0.352 e. The van der Waals surface area contributed by atoms with Crippen molar-refractivity contribution in [3.8, 4) is 0 Å². The molecule has 20 heavy (non-hydrogen) atoms. The summed E-state index contributed by atoms with van der Waals surface area (Å²) in [6.45, 7) is 0. The number of thiocarbonyl (C=S) groups is 1. The minimum absolute atomic E-state index is 0.0334. The van der Waals surface area contributed by atoms with Gasteiger partial charge in [-0.3, -0.25) is 14.9 Å². The van der Waals surface area contributed by atoms with Crippen LogP contribution in [0, 0.1) is 0 Å². The van der Waals surface area contributed by atoms with E-state index in [1.54, 1.807) is 6.07 Å². The van der Waals surface area contributed by atoms with Crippen LogP contribution in [0.25, 0.3) is 0 Å². The van der Waals surface area contributed by atoms with Crippen molar-refractivity contribution >= 4 is 63.3 Å². The Labute approximate surface area is 135 Å². The van der Waals surface area contributed by atoms with Crippen LogP contribution in [0.15, 0.2) is 18.2 Å². The Morgan fingerprint density at radius 1 is 1.40 bits per heavy atom. The molecule has 0 saturated carbocycles. The molecule has 0 radical (unpaired) electrons. The van der Waals surface area contributed by atoms with E-state index in [-0.39, 0.29) is 26.9 Å². The lowest BCUT2D eigenvalue weighted by atomic mass is 10.2. The second-order valence-corrected chi connectivity index (χ2v) is 6.41. The highest BCUT2D eigenvalue weighted by molar-refractivity contribution is 8.14. The van der Waals surface area contributed by atoms with E-state index in [0.717, 1.165) is 5.75 Å². The van der Waals surface area contributed by atoms with Crippen LogP contribution >= 0.6 is 47.2 Å². The second kappa shape index (κ2) is 6.76. The number of halogens is 2. The molecule has 1 aliphatic rings. The fourth-order valence-electron chi connectivity index (χ4n) is 1.67. The second-order valence-electron chi connectivity index (χ2n) is 4.06. The summed E-state index contributed by atoms with van der Waals surface area (Å²) < 4.78 is 0. The van der Waals surface area contributed by atoms with Crippen molar-refractivity contribution in [3.63, 3.8) is 0 Å². The van der Waals surface area contributed by atoms with E-state index in [9.17, 15) is 9.59 Å². The van der Waals surface area contributed by atoms with Crippen molar-refractivity contribution in [2.45, 2.75) is 12.5 Å². The summed E-state index contributed by atoms with van der Waals surface area (Å²) in [4.78, 5) is 23.4. The lowest BCUT2D eigenvalue weighted by molar-refractivity contribution is -0.111. The fraction of sp³-hybridized carbons (Fsp3) is 0.250. The molecule has 1 fully saturated rings. The summed E-state index contributed by atoms with van der Waals surface area (Å²) in [5.41, 5.74) is 0.271. The van der Waals surface area contributed by atoms with Gasteiger partial charge in [0.25, 0.3) is 5.91 Å². The number of hydrogen-bond donors (Lipinski definition) is 2. The third-order valence-electron chi connectivity index (χ3n) is 2.64. The van der Waals surface area contributed by atoms with Gasteiger partial charge in [0.15, 0.2) is 5.11 Å². The average molecular weight is 349 g/mol. The van der Waals surface area contributed by atoms with Gasteiger partial charge >= 0.3 is 0 Å². The summed E-state index contributed by atoms with van der Waals surface area (Å²) in [6.07, 6.45) is 0.696. The number of carbonyl (C=O) groups excluding carboxylic acids is 2. The maximum absolute atomic E-state index is 12.0. The van der Waals surface area contributed by atoms with Crippen LogP contribution in [-0.2, 0) is 4.79 Å². The van der Waals surface area contributed by atoms with E-state index in [0.29, 0.717) is 11.4 Å². The predicted octanol–water partition coefficient (Wildman–Crippen LogP) is 2.63. The topological polar surface area (TPSA) is 58.2 Å². The molecular formula is C12H10Cl2N2O2S2. The average Bonchev–Trinajstić information content (AvgIpc) is 2.74. The summed E-state index contributed by atoms with van der Waals surface area (Å²) in [6, 6.07) is 4.22. The summed E-state index contributed by atoms with van der Waals surface area (Å²) in [7, 11) is 0. The molecule has 1 saturated heterocycles. The van der Waals surface area contributed by atoms with Crippen molar-refractivity contribution in [2.24, 2.45) is 0 Å². The van der Waals surface area contributed by atoms with Gasteiger partial charge in [0.1, 0.15) is 0 Å². The molecule has 1 aromatic rings. The first-order valence-electron chi connectivity index (χ1n) is 5.71. The molecule has 8 heteroatoms. The molecule has 0 bridgehead atoms. The van der Waals surface area contributed by atoms with E-state index < -0.39 is 5.91 Å². The van der Waals surface area contributed by atoms with Gasteiger partial charge in [-0.25, -0.2) is 0 Å². The molecule has 106 valence electrons. The zero-order chi connectivity index (χ0) is 14.7. The third kappa shape index (κ3) is 3.85. The summed E-state index contributed by atoms with van der Waals surface area (Å²) in [5.74, 6) is 0.318. The Morgan fingerprint density at radius 3 is 2.75 bits per heavy atom. The number of carbonyl (C=O) groups is 2. The van der Waals surface area contributed by atoms with E-state index in [1.165, 1.54) is 23.9 Å². The van der Waals surface area contributed by atoms with Crippen LogP contribution in [0.2, 0.25) is 10.0 Å². The maximum Gasteiger partial charge on any atom is 0.258 e. The Hall–Kier alpha value is -0.820. The Bertz CT molecular complexity index is 581. The van der Waals surface area contributed by atoms with Gasteiger partial charge in [-0.15, -0.1) is 0 Å². The first kappa shape index (κ1) is 15.6. The van der Waals surface area contributed by atoms with Crippen molar-refractivity contribution in [1.82, 2.24) is 10.6 Å². The van der Waals surface area contributed by atoms with Crippen LogP contribution in [0.4, 0.5) is 0 Å². The quantitative estimate of drug-likeness (QED) is 0.804. The molecule has 0 unspecified atom stereocenters. The molecule has 2 rings (SSSR count). The molecule has 1 aliphatic heterocycles. The van der Waals surface area contributed by atoms with Gasteiger partial charge < -0.3 is 5.32 Å². The van der Waals surface area contributed by atoms with Crippen LogP contribution in [0.1, 0.15) is 16.8 Å². The fourth-order valence-corrected chi connectivity index (χ4v) is 3.33. The largest absolute Gasteiger partial charge is 0.352 e. The molecule has 0 aromatic heterocycles. The van der Waals surface area contributed by atoms with Crippen molar-refractivity contribution in [3.05, 3.63) is 33.8 Å². The molecule has 1 aromatic carbocycles. The zero-order valence-electron chi connectivity index (χ0n) is 10.1. The third-order valence-corrected chi connectivity index (χ3v) is 4.42. The van der Waals surface area contributed by atoms with E-state index in [4.69, 9.17) is 35.4 Å². The molecule has 0 spiro atoms. The Kier molecular flexibility index (Phi) is 5.26. The summed E-state index contributed by atoms with van der Waals surface area (Å²) >= 11 is 18.0. The van der Waals surface area contributed by atoms with Crippen LogP contribution in [0.5, 0.6) is 0 Å². The van der Waals surface area contributed by atoms with E-state index in [2.05, 4.69) is 10.6 Å². The molecule has 2 N–H and O–H groups in total. The number of amides is 1. The number of benzene rings is 1. The Morgan fingerprint density at radius 2 is 2.15 bits per heavy atom. The lowest BCUT2D eigenvalue weighted by Gasteiger charge is -2.13.